The van der Waals surface area contributed by atoms with Gasteiger partial charge in [0.25, 0.3) is 5.91 Å². The van der Waals surface area contributed by atoms with Crippen molar-refractivity contribution in [1.82, 2.24) is 20.9 Å². The Bertz CT molecular complexity index is 1410. The van der Waals surface area contributed by atoms with E-state index in [4.69, 9.17) is 9.47 Å². The van der Waals surface area contributed by atoms with Crippen molar-refractivity contribution in [1.29, 1.82) is 0 Å². The van der Waals surface area contributed by atoms with Crippen LogP contribution in [0.5, 0.6) is 0 Å². The summed E-state index contributed by atoms with van der Waals surface area (Å²) in [4.78, 5) is 56.4. The Hall–Kier alpha value is -3.70. The van der Waals surface area contributed by atoms with Crippen LogP contribution in [-0.4, -0.2) is 71.1 Å². The van der Waals surface area contributed by atoms with Gasteiger partial charge in [-0.25, -0.2) is 4.79 Å². The van der Waals surface area contributed by atoms with E-state index < -0.39 is 34.7 Å². The number of ether oxygens (including phenoxy) is 2. The minimum absolute atomic E-state index is 0.0857. The average Bonchev–Trinajstić information content (AvgIpc) is 3.60. The molecule has 4 amide bonds. The first-order valence-electron chi connectivity index (χ1n) is 16.1. The molecule has 1 aromatic heterocycles. The third-order valence-corrected chi connectivity index (χ3v) is 9.24. The minimum atomic E-state index is -1.39. The van der Waals surface area contributed by atoms with Crippen LogP contribution in [-0.2, 0) is 30.5 Å². The molecule has 1 spiro atoms. The van der Waals surface area contributed by atoms with E-state index in [1.54, 1.807) is 39.5 Å². The van der Waals surface area contributed by atoms with Gasteiger partial charge in [-0.1, -0.05) is 55.7 Å². The van der Waals surface area contributed by atoms with Crippen molar-refractivity contribution in [2.24, 2.45) is 0 Å². The molecule has 2 aliphatic rings. The highest BCUT2D eigenvalue weighted by Crippen LogP contribution is 2.43. The Kier molecular flexibility index (Phi) is 11.3. The smallest absolute Gasteiger partial charge is 0.408 e. The number of hydrogen-bond acceptors (Lipinski definition) is 7. The molecule has 0 bridgehead atoms. The summed E-state index contributed by atoms with van der Waals surface area (Å²) >= 11 is 1.51. The summed E-state index contributed by atoms with van der Waals surface area (Å²) < 4.78 is 11.3. The molecule has 3 N–H and O–H groups in total. The molecule has 11 heteroatoms. The van der Waals surface area contributed by atoms with Crippen molar-refractivity contribution in [3.63, 3.8) is 0 Å². The lowest BCUT2D eigenvalue weighted by Gasteiger charge is -2.38. The predicted octanol–water partition coefficient (Wildman–Crippen LogP) is 5.19. The fourth-order valence-electron chi connectivity index (χ4n) is 5.98. The number of carbonyl (C=O) groups is 4. The third-order valence-electron chi connectivity index (χ3n) is 8.36. The molecule has 1 aliphatic heterocycles. The lowest BCUT2D eigenvalue weighted by atomic mass is 9.76. The molecule has 4 rings (SSSR count). The fourth-order valence-corrected chi connectivity index (χ4v) is 6.77. The van der Waals surface area contributed by atoms with Gasteiger partial charge in [-0.15, -0.1) is 11.3 Å². The molecule has 2 aromatic rings. The first-order valence-corrected chi connectivity index (χ1v) is 17.0. The number of hydrogen-bond donors (Lipinski definition) is 3. The maximum Gasteiger partial charge on any atom is 0.408 e. The van der Waals surface area contributed by atoms with Gasteiger partial charge in [0.05, 0.1) is 24.3 Å². The molecule has 0 saturated heterocycles. The highest BCUT2D eigenvalue weighted by atomic mass is 32.1. The van der Waals surface area contributed by atoms with Gasteiger partial charge in [0.1, 0.15) is 17.2 Å². The fraction of sp³-hybridized carbons (Fsp3) is 0.543. The number of likely N-dealkylation sites (N-methyl/N-ethyl adjacent to an activating group) is 1. The highest BCUT2D eigenvalue weighted by Gasteiger charge is 2.47. The molecule has 1 aliphatic carbocycles. The second-order valence-corrected chi connectivity index (χ2v) is 14.5. The van der Waals surface area contributed by atoms with E-state index in [9.17, 15) is 19.2 Å². The second kappa shape index (κ2) is 14.8. The molecule has 1 aromatic carbocycles. The van der Waals surface area contributed by atoms with Gasteiger partial charge >= 0.3 is 6.09 Å². The molecular formula is C35H48N4O6S. The van der Waals surface area contributed by atoms with Crippen molar-refractivity contribution in [2.45, 2.75) is 103 Å². The Morgan fingerprint density at radius 3 is 2.33 bits per heavy atom. The maximum atomic E-state index is 14.3. The number of alkyl carbamates (subject to hydrolysis) is 1. The van der Waals surface area contributed by atoms with Crippen LogP contribution in [0.25, 0.3) is 5.57 Å². The van der Waals surface area contributed by atoms with Gasteiger partial charge < -0.3 is 30.3 Å². The van der Waals surface area contributed by atoms with Crippen LogP contribution in [0, 0.1) is 0 Å². The van der Waals surface area contributed by atoms with Gasteiger partial charge in [0.15, 0.2) is 0 Å². The van der Waals surface area contributed by atoms with Gasteiger partial charge in [-0.3, -0.25) is 14.4 Å². The van der Waals surface area contributed by atoms with Crippen LogP contribution in [0.15, 0.2) is 53.4 Å². The first kappa shape index (κ1) is 35.2. The van der Waals surface area contributed by atoms with E-state index in [1.165, 1.54) is 11.3 Å². The van der Waals surface area contributed by atoms with Gasteiger partial charge in [0, 0.05) is 18.0 Å². The first-order chi connectivity index (χ1) is 21.7. The van der Waals surface area contributed by atoms with Crippen molar-refractivity contribution < 1.29 is 28.7 Å². The van der Waals surface area contributed by atoms with Crippen LogP contribution in [0.3, 0.4) is 0 Å². The van der Waals surface area contributed by atoms with Crippen molar-refractivity contribution in [3.05, 3.63) is 63.9 Å². The minimum Gasteiger partial charge on any atom is -0.444 e. The summed E-state index contributed by atoms with van der Waals surface area (Å²) in [6.45, 7) is 11.0. The van der Waals surface area contributed by atoms with E-state index in [1.807, 2.05) is 54.8 Å². The van der Waals surface area contributed by atoms with E-state index >= 15 is 0 Å². The lowest BCUT2D eigenvalue weighted by molar-refractivity contribution is -0.139. The van der Waals surface area contributed by atoms with E-state index in [-0.39, 0.29) is 31.6 Å². The van der Waals surface area contributed by atoms with Crippen molar-refractivity contribution in [3.8, 4) is 0 Å². The van der Waals surface area contributed by atoms with Crippen LogP contribution in [0.2, 0.25) is 0 Å². The number of carbonyl (C=O) groups excluding carboxylic acids is 4. The number of amides is 4. The summed E-state index contributed by atoms with van der Waals surface area (Å²) in [5.41, 5.74) is -0.126. The standard InChI is InChI=1S/C35H48N4O6S/c1-7-39(21-25-28(27-17-14-20-46-27)29(40)37-35(25)18-12-9-13-19-35)30(41)26(23-44-22-24-15-10-8-11-16-24)36-31(42)34(5,6)38-32(43)45-33(2,3)4/h8,10-11,14-17,20,26H,7,9,12-13,18-19,21-23H2,1-6H3,(H,36,42)(H,37,40)(H,38,43)/t26-/m1/s1. The Morgan fingerprint density at radius 2 is 1.72 bits per heavy atom. The third kappa shape index (κ3) is 8.76. The predicted molar refractivity (Wildman–Crippen MR) is 179 cm³/mol. The molecule has 46 heavy (non-hydrogen) atoms. The van der Waals surface area contributed by atoms with E-state index in [0.717, 1.165) is 48.1 Å². The lowest BCUT2D eigenvalue weighted by Crippen LogP contribution is -2.61. The van der Waals surface area contributed by atoms with Crippen LogP contribution in [0.1, 0.15) is 84.1 Å². The van der Waals surface area contributed by atoms with Crippen molar-refractivity contribution >= 4 is 40.7 Å². The molecule has 1 fully saturated rings. The maximum absolute atomic E-state index is 14.3. The number of benzene rings is 1. The number of nitrogens with zero attached hydrogens (tertiary/aromatic N) is 1. The Labute approximate surface area is 276 Å². The molecule has 0 unspecified atom stereocenters. The molecule has 1 atom stereocenters. The molecule has 0 radical (unpaired) electrons. The zero-order chi connectivity index (χ0) is 33.5. The van der Waals surface area contributed by atoms with Crippen molar-refractivity contribution in [2.75, 3.05) is 19.7 Å². The Morgan fingerprint density at radius 1 is 1.02 bits per heavy atom. The summed E-state index contributed by atoms with van der Waals surface area (Å²) in [6, 6.07) is 12.4. The molecule has 1 saturated carbocycles. The number of nitrogens with one attached hydrogen (secondary N) is 3. The zero-order valence-corrected chi connectivity index (χ0v) is 28.7. The monoisotopic (exact) mass is 652 g/mol. The quantitative estimate of drug-likeness (QED) is 0.290. The summed E-state index contributed by atoms with van der Waals surface area (Å²) in [5, 5.41) is 10.7. The van der Waals surface area contributed by atoms with E-state index in [0.29, 0.717) is 12.1 Å². The molecule has 2 heterocycles. The largest absolute Gasteiger partial charge is 0.444 e. The molecular weight excluding hydrogens is 604 g/mol. The van der Waals surface area contributed by atoms with Gasteiger partial charge in [0.2, 0.25) is 11.8 Å². The summed E-state index contributed by atoms with van der Waals surface area (Å²) in [6.07, 6.45) is 3.99. The van der Waals surface area contributed by atoms with Crippen LogP contribution >= 0.6 is 11.3 Å². The Balaban J connectivity index is 1.59. The van der Waals surface area contributed by atoms with Gasteiger partial charge in [-0.2, -0.15) is 0 Å². The second-order valence-electron chi connectivity index (χ2n) is 13.6. The number of rotatable bonds is 12. The average molecular weight is 653 g/mol. The van der Waals surface area contributed by atoms with Crippen LogP contribution in [0.4, 0.5) is 4.79 Å². The summed E-state index contributed by atoms with van der Waals surface area (Å²) in [7, 11) is 0. The zero-order valence-electron chi connectivity index (χ0n) is 27.9. The SMILES string of the molecule is CCN(CC1=C(c2cccs2)C(=O)NC12CCCCC2)C(=O)[C@@H](COCc1ccccc1)NC(=O)C(C)(C)NC(=O)OC(C)(C)C. The van der Waals surface area contributed by atoms with E-state index in [2.05, 4.69) is 16.0 Å². The summed E-state index contributed by atoms with van der Waals surface area (Å²) in [5.74, 6) is -0.995. The van der Waals surface area contributed by atoms with Crippen LogP contribution < -0.4 is 16.0 Å². The normalized spacial score (nSPS) is 17.0. The topological polar surface area (TPSA) is 126 Å². The van der Waals surface area contributed by atoms with Gasteiger partial charge in [-0.05, 0) is 77.0 Å². The number of thiophene rings is 1. The highest BCUT2D eigenvalue weighted by molar-refractivity contribution is 7.11. The molecule has 10 nitrogen and oxygen atoms in total. The molecule has 250 valence electrons.